The van der Waals surface area contributed by atoms with Gasteiger partial charge in [0, 0.05) is 30.6 Å². The largest absolute Gasteiger partial charge is 0.486 e. The van der Waals surface area contributed by atoms with Crippen molar-refractivity contribution in [3.63, 3.8) is 0 Å². The molecule has 1 aromatic heterocycles. The van der Waals surface area contributed by atoms with Crippen molar-refractivity contribution in [3.8, 4) is 11.5 Å². The predicted octanol–water partition coefficient (Wildman–Crippen LogP) is 3.10. The van der Waals surface area contributed by atoms with Gasteiger partial charge in [0.1, 0.15) is 13.2 Å². The van der Waals surface area contributed by atoms with Gasteiger partial charge in [-0.1, -0.05) is 42.5 Å². The zero-order valence-electron chi connectivity index (χ0n) is 16.0. The van der Waals surface area contributed by atoms with Crippen LogP contribution in [0.2, 0.25) is 0 Å². The molecule has 0 spiro atoms. The first-order valence-corrected chi connectivity index (χ1v) is 9.65. The molecule has 3 aromatic rings. The first-order chi connectivity index (χ1) is 14.3. The fourth-order valence-corrected chi connectivity index (χ4v) is 3.35. The standard InChI is InChI=1S/C23H23N3O3/c27-22(10-9-19-7-4-8-21-23(19)29-14-13-28-21)25-20(16-26-12-11-24-17-26)15-18-5-2-1-3-6-18/h1-12,17,20H,13-16H2,(H,25,27)/b10-9+. The zero-order chi connectivity index (χ0) is 19.9. The summed E-state index contributed by atoms with van der Waals surface area (Å²) in [5.74, 6) is 1.24. The third-order valence-electron chi connectivity index (χ3n) is 4.67. The molecule has 0 saturated heterocycles. The van der Waals surface area contributed by atoms with Crippen LogP contribution in [0.4, 0.5) is 0 Å². The number of para-hydroxylation sites is 1. The van der Waals surface area contributed by atoms with Gasteiger partial charge >= 0.3 is 0 Å². The average Bonchev–Trinajstić information content (AvgIpc) is 3.26. The van der Waals surface area contributed by atoms with Crippen LogP contribution >= 0.6 is 0 Å². The molecule has 29 heavy (non-hydrogen) atoms. The number of nitrogens with one attached hydrogen (secondary N) is 1. The van der Waals surface area contributed by atoms with Crippen LogP contribution in [0.25, 0.3) is 6.08 Å². The first-order valence-electron chi connectivity index (χ1n) is 9.65. The van der Waals surface area contributed by atoms with Gasteiger partial charge in [0.15, 0.2) is 11.5 Å². The summed E-state index contributed by atoms with van der Waals surface area (Å²) >= 11 is 0. The molecule has 1 unspecified atom stereocenters. The normalized spacial score (nSPS) is 13.9. The van der Waals surface area contributed by atoms with Crippen LogP contribution in [0.5, 0.6) is 11.5 Å². The molecule has 1 aliphatic heterocycles. The number of fused-ring (bicyclic) bond motifs is 1. The summed E-state index contributed by atoms with van der Waals surface area (Å²) in [4.78, 5) is 16.7. The van der Waals surface area contributed by atoms with Gasteiger partial charge in [-0.3, -0.25) is 4.79 Å². The SMILES string of the molecule is O=C(/C=C/c1cccc2c1OCCO2)NC(Cc1ccccc1)Cn1ccnc1. The van der Waals surface area contributed by atoms with Gasteiger partial charge in [-0.05, 0) is 24.1 Å². The van der Waals surface area contributed by atoms with E-state index < -0.39 is 0 Å². The molecule has 0 radical (unpaired) electrons. The Balaban J connectivity index is 1.45. The highest BCUT2D eigenvalue weighted by Gasteiger charge is 2.15. The molecular formula is C23H23N3O3. The Morgan fingerprint density at radius 2 is 2.00 bits per heavy atom. The molecule has 1 atom stereocenters. The summed E-state index contributed by atoms with van der Waals surface area (Å²) in [6.45, 7) is 1.69. The van der Waals surface area contributed by atoms with Crippen LogP contribution < -0.4 is 14.8 Å². The van der Waals surface area contributed by atoms with Crippen molar-refractivity contribution in [1.82, 2.24) is 14.9 Å². The van der Waals surface area contributed by atoms with Gasteiger partial charge in [-0.15, -0.1) is 0 Å². The Morgan fingerprint density at radius 1 is 1.14 bits per heavy atom. The molecule has 0 aliphatic carbocycles. The molecule has 6 heteroatoms. The van der Waals surface area contributed by atoms with E-state index in [9.17, 15) is 4.79 Å². The fourth-order valence-electron chi connectivity index (χ4n) is 3.35. The third kappa shape index (κ3) is 5.04. The summed E-state index contributed by atoms with van der Waals surface area (Å²) < 4.78 is 13.3. The zero-order valence-corrected chi connectivity index (χ0v) is 16.0. The van der Waals surface area contributed by atoms with E-state index in [0.717, 1.165) is 12.0 Å². The lowest BCUT2D eigenvalue weighted by Crippen LogP contribution is -2.38. The number of amides is 1. The van der Waals surface area contributed by atoms with Gasteiger partial charge in [0.05, 0.1) is 12.4 Å². The van der Waals surface area contributed by atoms with E-state index in [1.165, 1.54) is 5.56 Å². The van der Waals surface area contributed by atoms with Crippen LogP contribution in [-0.4, -0.2) is 34.7 Å². The number of hydrogen-bond acceptors (Lipinski definition) is 4. The van der Waals surface area contributed by atoms with E-state index in [-0.39, 0.29) is 11.9 Å². The maximum absolute atomic E-state index is 12.6. The number of benzene rings is 2. The highest BCUT2D eigenvalue weighted by Crippen LogP contribution is 2.34. The molecule has 1 N–H and O–H groups in total. The Labute approximate surface area is 169 Å². The quantitative estimate of drug-likeness (QED) is 0.631. The minimum atomic E-state index is -0.152. The monoisotopic (exact) mass is 389 g/mol. The second-order valence-corrected chi connectivity index (χ2v) is 6.86. The molecule has 1 aliphatic rings. The smallest absolute Gasteiger partial charge is 0.244 e. The number of ether oxygens (including phenoxy) is 2. The van der Waals surface area contributed by atoms with Crippen LogP contribution in [0.15, 0.2) is 73.3 Å². The number of aromatic nitrogens is 2. The first kappa shape index (κ1) is 18.8. The highest BCUT2D eigenvalue weighted by molar-refractivity contribution is 5.92. The summed E-state index contributed by atoms with van der Waals surface area (Å²) in [6.07, 6.45) is 9.43. The molecule has 4 rings (SSSR count). The molecule has 1 amide bonds. The van der Waals surface area contributed by atoms with E-state index in [4.69, 9.17) is 9.47 Å². The third-order valence-corrected chi connectivity index (χ3v) is 4.67. The van der Waals surface area contributed by atoms with Crippen molar-refractivity contribution in [1.29, 1.82) is 0 Å². The van der Waals surface area contributed by atoms with Crippen molar-refractivity contribution in [2.24, 2.45) is 0 Å². The number of nitrogens with zero attached hydrogens (tertiary/aromatic N) is 2. The maximum atomic E-state index is 12.6. The summed E-state index contributed by atoms with van der Waals surface area (Å²) in [7, 11) is 0. The van der Waals surface area contributed by atoms with Crippen molar-refractivity contribution < 1.29 is 14.3 Å². The minimum Gasteiger partial charge on any atom is -0.486 e. The second-order valence-electron chi connectivity index (χ2n) is 6.86. The highest BCUT2D eigenvalue weighted by atomic mass is 16.6. The van der Waals surface area contributed by atoms with E-state index >= 15 is 0 Å². The Kier molecular flexibility index (Phi) is 5.90. The molecule has 0 fully saturated rings. The van der Waals surface area contributed by atoms with Crippen molar-refractivity contribution in [3.05, 3.63) is 84.5 Å². The molecule has 2 aromatic carbocycles. The Bertz CT molecular complexity index is 968. The number of rotatable bonds is 7. The van der Waals surface area contributed by atoms with Crippen LogP contribution in [-0.2, 0) is 17.8 Å². The molecular weight excluding hydrogens is 366 g/mol. The van der Waals surface area contributed by atoms with Crippen molar-refractivity contribution in [2.75, 3.05) is 13.2 Å². The average molecular weight is 389 g/mol. The number of carbonyl (C=O) groups excluding carboxylic acids is 1. The van der Waals surface area contributed by atoms with Crippen molar-refractivity contribution >= 4 is 12.0 Å². The van der Waals surface area contributed by atoms with Gasteiger partial charge < -0.3 is 19.4 Å². The number of hydrogen-bond donors (Lipinski definition) is 1. The van der Waals surface area contributed by atoms with Crippen LogP contribution in [0, 0.1) is 0 Å². The van der Waals surface area contributed by atoms with Crippen LogP contribution in [0.3, 0.4) is 0 Å². The van der Waals surface area contributed by atoms with Gasteiger partial charge in [0.25, 0.3) is 0 Å². The van der Waals surface area contributed by atoms with Gasteiger partial charge in [-0.2, -0.15) is 0 Å². The molecule has 2 heterocycles. The molecule has 6 nitrogen and oxygen atoms in total. The number of carbonyl (C=O) groups is 1. The lowest BCUT2D eigenvalue weighted by atomic mass is 10.1. The van der Waals surface area contributed by atoms with E-state index in [0.29, 0.717) is 31.3 Å². The molecule has 148 valence electrons. The molecule has 0 bridgehead atoms. The minimum absolute atomic E-state index is 0.0620. The van der Waals surface area contributed by atoms with E-state index in [1.54, 1.807) is 24.7 Å². The fraction of sp³-hybridized carbons (Fsp3) is 0.217. The number of imidazole rings is 1. The Hall–Kier alpha value is -3.54. The lowest BCUT2D eigenvalue weighted by molar-refractivity contribution is -0.117. The van der Waals surface area contributed by atoms with Crippen LogP contribution in [0.1, 0.15) is 11.1 Å². The Morgan fingerprint density at radius 3 is 2.83 bits per heavy atom. The second kappa shape index (κ2) is 9.10. The predicted molar refractivity (Wildman–Crippen MR) is 111 cm³/mol. The maximum Gasteiger partial charge on any atom is 0.244 e. The lowest BCUT2D eigenvalue weighted by Gasteiger charge is -2.20. The topological polar surface area (TPSA) is 65.4 Å². The van der Waals surface area contributed by atoms with Gasteiger partial charge in [0.2, 0.25) is 5.91 Å². The van der Waals surface area contributed by atoms with E-state index in [2.05, 4.69) is 22.4 Å². The van der Waals surface area contributed by atoms with Gasteiger partial charge in [-0.25, -0.2) is 4.98 Å². The van der Waals surface area contributed by atoms with Crippen molar-refractivity contribution in [2.45, 2.75) is 19.0 Å². The molecule has 0 saturated carbocycles. The summed E-state index contributed by atoms with van der Waals surface area (Å²) in [5.41, 5.74) is 2.00. The summed E-state index contributed by atoms with van der Waals surface area (Å²) in [5, 5.41) is 3.11. The summed E-state index contributed by atoms with van der Waals surface area (Å²) in [6, 6.07) is 15.7. The van der Waals surface area contributed by atoms with E-state index in [1.807, 2.05) is 47.2 Å².